The van der Waals surface area contributed by atoms with Crippen LogP contribution in [-0.4, -0.2) is 33.7 Å². The van der Waals surface area contributed by atoms with Gasteiger partial charge in [0.1, 0.15) is 0 Å². The van der Waals surface area contributed by atoms with Gasteiger partial charge in [-0.2, -0.15) is 5.10 Å². The van der Waals surface area contributed by atoms with E-state index in [1.54, 1.807) is 0 Å². The van der Waals surface area contributed by atoms with E-state index >= 15 is 0 Å². The maximum Gasteiger partial charge on any atom is 0.251 e. The summed E-state index contributed by atoms with van der Waals surface area (Å²) < 4.78 is 1.90. The first kappa shape index (κ1) is 20.4. The van der Waals surface area contributed by atoms with Gasteiger partial charge in [0.2, 0.25) is 0 Å². The summed E-state index contributed by atoms with van der Waals surface area (Å²) in [6.45, 7) is 7.85. The summed E-state index contributed by atoms with van der Waals surface area (Å²) in [6, 6.07) is 18.1. The van der Waals surface area contributed by atoms with Gasteiger partial charge in [-0.15, -0.1) is 0 Å². The van der Waals surface area contributed by atoms with E-state index in [1.807, 2.05) is 54.9 Å². The fourth-order valence-electron chi connectivity index (χ4n) is 4.16. The van der Waals surface area contributed by atoms with E-state index in [1.165, 1.54) is 43.5 Å². The van der Waals surface area contributed by atoms with E-state index in [4.69, 9.17) is 0 Å². The fourth-order valence-corrected chi connectivity index (χ4v) is 4.16. The molecular weight excluding hydrogens is 372 g/mol. The summed E-state index contributed by atoms with van der Waals surface area (Å²) in [5, 5.41) is 7.59. The third-order valence-electron chi connectivity index (χ3n) is 5.78. The van der Waals surface area contributed by atoms with Crippen molar-refractivity contribution in [3.05, 3.63) is 82.7 Å². The van der Waals surface area contributed by atoms with Crippen molar-refractivity contribution < 1.29 is 4.79 Å². The van der Waals surface area contributed by atoms with Gasteiger partial charge < -0.3 is 5.32 Å². The quantitative estimate of drug-likeness (QED) is 0.665. The van der Waals surface area contributed by atoms with Crippen molar-refractivity contribution in [2.45, 2.75) is 46.2 Å². The first-order valence-corrected chi connectivity index (χ1v) is 10.8. The highest BCUT2D eigenvalue weighted by Crippen LogP contribution is 2.17. The van der Waals surface area contributed by atoms with Crippen LogP contribution in [-0.2, 0) is 13.1 Å². The molecule has 1 aromatic heterocycles. The van der Waals surface area contributed by atoms with E-state index in [0.29, 0.717) is 12.1 Å². The maximum atomic E-state index is 12.7. The Hall–Kier alpha value is -2.92. The van der Waals surface area contributed by atoms with Crippen LogP contribution in [0.2, 0.25) is 0 Å². The van der Waals surface area contributed by atoms with E-state index < -0.39 is 0 Å². The molecule has 1 aliphatic rings. The molecule has 1 aliphatic heterocycles. The lowest BCUT2D eigenvalue weighted by molar-refractivity contribution is 0.0950. The van der Waals surface area contributed by atoms with Crippen molar-refractivity contribution in [1.29, 1.82) is 0 Å². The van der Waals surface area contributed by atoms with Gasteiger partial charge in [0.15, 0.2) is 0 Å². The van der Waals surface area contributed by atoms with E-state index in [2.05, 4.69) is 33.5 Å². The number of aromatic nitrogens is 2. The van der Waals surface area contributed by atoms with Crippen LogP contribution in [0.15, 0.2) is 54.6 Å². The van der Waals surface area contributed by atoms with Crippen LogP contribution in [0.25, 0.3) is 5.69 Å². The molecule has 2 heterocycles. The van der Waals surface area contributed by atoms with Gasteiger partial charge in [-0.05, 0) is 81.2 Å². The minimum Gasteiger partial charge on any atom is -0.348 e. The molecule has 4 rings (SSSR count). The Morgan fingerprint density at radius 3 is 2.33 bits per heavy atom. The first-order valence-electron chi connectivity index (χ1n) is 10.8. The van der Waals surface area contributed by atoms with Gasteiger partial charge in [0.25, 0.3) is 5.91 Å². The van der Waals surface area contributed by atoms with Crippen molar-refractivity contribution in [1.82, 2.24) is 20.0 Å². The number of benzene rings is 2. The molecule has 1 N–H and O–H groups in total. The molecule has 1 fully saturated rings. The number of nitrogens with zero attached hydrogens (tertiary/aromatic N) is 3. The summed E-state index contributed by atoms with van der Waals surface area (Å²) >= 11 is 0. The molecule has 1 amide bonds. The number of carbonyl (C=O) groups is 1. The van der Waals surface area contributed by atoms with E-state index in [0.717, 1.165) is 23.6 Å². The normalized spacial score (nSPS) is 14.6. The van der Waals surface area contributed by atoms with Crippen LogP contribution in [0.5, 0.6) is 0 Å². The standard InChI is InChI=1S/C25H30N4O/c1-19-16-20(2)29(27-19)24-12-10-21(11-13-24)25(30)26-17-22-8-4-5-9-23(22)18-28-14-6-3-7-15-28/h4-5,8-13,16H,3,6-7,14-15,17-18H2,1-2H3,(H,26,30). The van der Waals surface area contributed by atoms with Crippen molar-refractivity contribution in [3.63, 3.8) is 0 Å². The highest BCUT2D eigenvalue weighted by atomic mass is 16.1. The molecule has 2 aromatic carbocycles. The summed E-state index contributed by atoms with van der Waals surface area (Å²) in [5.74, 6) is -0.0531. The second kappa shape index (κ2) is 9.26. The monoisotopic (exact) mass is 402 g/mol. The zero-order chi connectivity index (χ0) is 20.9. The predicted octanol–water partition coefficient (Wildman–Crippen LogP) is 4.41. The second-order valence-electron chi connectivity index (χ2n) is 8.17. The lowest BCUT2D eigenvalue weighted by atomic mass is 10.0. The Morgan fingerprint density at radius 2 is 1.67 bits per heavy atom. The lowest BCUT2D eigenvalue weighted by Crippen LogP contribution is -2.30. The van der Waals surface area contributed by atoms with Crippen LogP contribution < -0.4 is 5.32 Å². The maximum absolute atomic E-state index is 12.7. The Morgan fingerprint density at radius 1 is 0.967 bits per heavy atom. The summed E-state index contributed by atoms with van der Waals surface area (Å²) in [7, 11) is 0. The third-order valence-corrected chi connectivity index (χ3v) is 5.78. The zero-order valence-corrected chi connectivity index (χ0v) is 17.9. The molecule has 0 aliphatic carbocycles. The topological polar surface area (TPSA) is 50.2 Å². The zero-order valence-electron chi connectivity index (χ0n) is 17.9. The smallest absolute Gasteiger partial charge is 0.251 e. The molecule has 5 nitrogen and oxygen atoms in total. The SMILES string of the molecule is Cc1cc(C)n(-c2ccc(C(=O)NCc3ccccc3CN3CCCCC3)cc2)n1. The molecule has 30 heavy (non-hydrogen) atoms. The number of likely N-dealkylation sites (tertiary alicyclic amines) is 1. The highest BCUT2D eigenvalue weighted by Gasteiger charge is 2.13. The van der Waals surface area contributed by atoms with E-state index in [9.17, 15) is 4.79 Å². The summed E-state index contributed by atoms with van der Waals surface area (Å²) in [5.41, 5.74) is 6.18. The molecule has 1 saturated heterocycles. The van der Waals surface area contributed by atoms with Gasteiger partial charge in [-0.1, -0.05) is 30.7 Å². The minimum absolute atomic E-state index is 0.0531. The van der Waals surface area contributed by atoms with Crippen molar-refractivity contribution >= 4 is 5.91 Å². The Balaban J connectivity index is 1.39. The van der Waals surface area contributed by atoms with Crippen molar-refractivity contribution in [2.24, 2.45) is 0 Å². The molecular formula is C25H30N4O. The number of carbonyl (C=O) groups excluding carboxylic acids is 1. The number of nitrogens with one attached hydrogen (secondary N) is 1. The molecule has 0 saturated carbocycles. The van der Waals surface area contributed by atoms with Crippen LogP contribution in [0.3, 0.4) is 0 Å². The Kier molecular flexibility index (Phi) is 6.29. The van der Waals surface area contributed by atoms with Crippen molar-refractivity contribution in [3.8, 4) is 5.69 Å². The van der Waals surface area contributed by atoms with E-state index in [-0.39, 0.29) is 5.91 Å². The number of aryl methyl sites for hydroxylation is 2. The van der Waals surface area contributed by atoms with Gasteiger partial charge in [-0.25, -0.2) is 4.68 Å². The van der Waals surface area contributed by atoms with Gasteiger partial charge >= 0.3 is 0 Å². The van der Waals surface area contributed by atoms with Gasteiger partial charge in [-0.3, -0.25) is 9.69 Å². The second-order valence-corrected chi connectivity index (χ2v) is 8.17. The van der Waals surface area contributed by atoms with Crippen LogP contribution >= 0.6 is 0 Å². The molecule has 0 bridgehead atoms. The molecule has 0 atom stereocenters. The number of hydrogen-bond donors (Lipinski definition) is 1. The molecule has 0 radical (unpaired) electrons. The van der Waals surface area contributed by atoms with Crippen molar-refractivity contribution in [2.75, 3.05) is 13.1 Å². The molecule has 156 valence electrons. The Bertz CT molecular complexity index is 1000. The number of rotatable bonds is 6. The third kappa shape index (κ3) is 4.79. The number of amides is 1. The summed E-state index contributed by atoms with van der Waals surface area (Å²) in [6.07, 6.45) is 3.91. The Labute approximate surface area is 178 Å². The molecule has 5 heteroatoms. The van der Waals surface area contributed by atoms with Gasteiger partial charge in [0, 0.05) is 24.3 Å². The largest absolute Gasteiger partial charge is 0.348 e. The van der Waals surface area contributed by atoms with Crippen LogP contribution in [0, 0.1) is 13.8 Å². The van der Waals surface area contributed by atoms with Gasteiger partial charge in [0.05, 0.1) is 11.4 Å². The van der Waals surface area contributed by atoms with Crippen LogP contribution in [0.4, 0.5) is 0 Å². The predicted molar refractivity (Wildman–Crippen MR) is 120 cm³/mol. The first-order chi connectivity index (χ1) is 14.6. The minimum atomic E-state index is -0.0531. The lowest BCUT2D eigenvalue weighted by Gasteiger charge is -2.27. The van der Waals surface area contributed by atoms with Crippen LogP contribution in [0.1, 0.15) is 52.1 Å². The molecule has 0 unspecified atom stereocenters. The number of piperidine rings is 1. The molecule has 0 spiro atoms. The average molecular weight is 403 g/mol. The summed E-state index contributed by atoms with van der Waals surface area (Å²) in [4.78, 5) is 15.2. The average Bonchev–Trinajstić information content (AvgIpc) is 3.11. The highest BCUT2D eigenvalue weighted by molar-refractivity contribution is 5.94. The number of hydrogen-bond acceptors (Lipinski definition) is 3. The fraction of sp³-hybridized carbons (Fsp3) is 0.360. The molecule has 3 aromatic rings.